The lowest BCUT2D eigenvalue weighted by Gasteiger charge is -2.09. The highest BCUT2D eigenvalue weighted by Gasteiger charge is 2.17. The quantitative estimate of drug-likeness (QED) is 0.510. The van der Waals surface area contributed by atoms with E-state index in [1.54, 1.807) is 24.3 Å². The van der Waals surface area contributed by atoms with Crippen LogP contribution in [0.25, 0.3) is 0 Å². The molecular weight excluding hydrogens is 274 g/mol. The van der Waals surface area contributed by atoms with Gasteiger partial charge in [-0.25, -0.2) is 0 Å². The van der Waals surface area contributed by atoms with Gasteiger partial charge in [0.15, 0.2) is 5.75 Å². The number of anilines is 2. The third kappa shape index (κ3) is 3.08. The van der Waals surface area contributed by atoms with Gasteiger partial charge in [0, 0.05) is 17.7 Å². The number of para-hydroxylation sites is 2. The third-order valence-corrected chi connectivity index (χ3v) is 2.85. The van der Waals surface area contributed by atoms with E-state index in [0.717, 1.165) is 0 Å². The van der Waals surface area contributed by atoms with Crippen LogP contribution in [-0.4, -0.2) is 17.9 Å². The number of nitrogens with one attached hydrogen (secondary N) is 1. The van der Waals surface area contributed by atoms with Gasteiger partial charge in [0.05, 0.1) is 23.4 Å². The SMILES string of the molecule is COc1cc(C(=O)Nc2ccccc2N)ccc1[N+](=O)[O-]. The number of rotatable bonds is 4. The monoisotopic (exact) mass is 287 g/mol. The summed E-state index contributed by atoms with van der Waals surface area (Å²) in [6, 6.07) is 10.7. The van der Waals surface area contributed by atoms with Crippen LogP contribution in [0.2, 0.25) is 0 Å². The zero-order chi connectivity index (χ0) is 15.4. The number of nitro groups is 1. The minimum absolute atomic E-state index is 0.0219. The maximum atomic E-state index is 12.1. The predicted octanol–water partition coefficient (Wildman–Crippen LogP) is 2.44. The van der Waals surface area contributed by atoms with Crippen molar-refractivity contribution in [2.45, 2.75) is 0 Å². The molecule has 108 valence electrons. The van der Waals surface area contributed by atoms with Gasteiger partial charge in [0.25, 0.3) is 5.91 Å². The third-order valence-electron chi connectivity index (χ3n) is 2.85. The Bertz CT molecular complexity index is 700. The molecule has 0 radical (unpaired) electrons. The summed E-state index contributed by atoms with van der Waals surface area (Å²) in [7, 11) is 1.30. The summed E-state index contributed by atoms with van der Waals surface area (Å²) >= 11 is 0. The number of ether oxygens (including phenoxy) is 1. The lowest BCUT2D eigenvalue weighted by molar-refractivity contribution is -0.385. The molecule has 2 aromatic carbocycles. The first-order chi connectivity index (χ1) is 10.0. The standard InChI is InChI=1S/C14H13N3O4/c1-21-13-8-9(6-7-12(13)17(19)20)14(18)16-11-5-3-2-4-10(11)15/h2-8H,15H2,1H3,(H,16,18). The minimum atomic E-state index is -0.574. The van der Waals surface area contributed by atoms with Crippen LogP contribution in [0.15, 0.2) is 42.5 Å². The van der Waals surface area contributed by atoms with Crippen molar-refractivity contribution in [2.24, 2.45) is 0 Å². The Kier molecular flexibility index (Phi) is 4.03. The first kappa shape index (κ1) is 14.3. The number of hydrogen-bond acceptors (Lipinski definition) is 5. The van der Waals surface area contributed by atoms with E-state index in [1.807, 2.05) is 0 Å². The summed E-state index contributed by atoms with van der Waals surface area (Å²) in [4.78, 5) is 22.4. The van der Waals surface area contributed by atoms with Crippen molar-refractivity contribution < 1.29 is 14.5 Å². The number of hydrogen-bond donors (Lipinski definition) is 2. The summed E-state index contributed by atoms with van der Waals surface area (Å²) in [5, 5.41) is 13.4. The van der Waals surface area contributed by atoms with E-state index >= 15 is 0 Å². The number of nitrogens with zero attached hydrogens (tertiary/aromatic N) is 1. The van der Waals surface area contributed by atoms with Crippen LogP contribution < -0.4 is 15.8 Å². The maximum Gasteiger partial charge on any atom is 0.310 e. The van der Waals surface area contributed by atoms with Crippen molar-refractivity contribution in [1.82, 2.24) is 0 Å². The molecule has 0 aromatic heterocycles. The van der Waals surface area contributed by atoms with E-state index in [0.29, 0.717) is 11.4 Å². The van der Waals surface area contributed by atoms with E-state index in [1.165, 1.54) is 25.3 Å². The lowest BCUT2D eigenvalue weighted by atomic mass is 10.1. The average molecular weight is 287 g/mol. The zero-order valence-corrected chi connectivity index (χ0v) is 11.2. The molecule has 0 bridgehead atoms. The number of nitrogens with two attached hydrogens (primary N) is 1. The van der Waals surface area contributed by atoms with Gasteiger partial charge in [0.2, 0.25) is 0 Å². The topological polar surface area (TPSA) is 107 Å². The maximum absolute atomic E-state index is 12.1. The molecule has 0 fully saturated rings. The van der Waals surface area contributed by atoms with Crippen molar-refractivity contribution in [3.63, 3.8) is 0 Å². The molecule has 0 aliphatic carbocycles. The molecule has 0 unspecified atom stereocenters. The van der Waals surface area contributed by atoms with Gasteiger partial charge in [0.1, 0.15) is 0 Å². The summed E-state index contributed by atoms with van der Waals surface area (Å²) in [6.07, 6.45) is 0. The van der Waals surface area contributed by atoms with Crippen LogP contribution >= 0.6 is 0 Å². The fourth-order valence-corrected chi connectivity index (χ4v) is 1.78. The van der Waals surface area contributed by atoms with Gasteiger partial charge in [-0.2, -0.15) is 0 Å². The highest BCUT2D eigenvalue weighted by molar-refractivity contribution is 6.06. The summed E-state index contributed by atoms with van der Waals surface area (Å²) in [6.45, 7) is 0. The number of carbonyl (C=O) groups excluding carboxylic acids is 1. The van der Waals surface area contributed by atoms with Gasteiger partial charge >= 0.3 is 5.69 Å². The Labute approximate surface area is 120 Å². The Balaban J connectivity index is 2.28. The number of benzene rings is 2. The Morgan fingerprint density at radius 2 is 2.00 bits per heavy atom. The highest BCUT2D eigenvalue weighted by Crippen LogP contribution is 2.28. The van der Waals surface area contributed by atoms with Crippen molar-refractivity contribution in [3.8, 4) is 5.75 Å². The molecule has 0 saturated heterocycles. The molecule has 21 heavy (non-hydrogen) atoms. The summed E-state index contributed by atoms with van der Waals surface area (Å²) in [5.74, 6) is -0.408. The number of amides is 1. The Morgan fingerprint density at radius 1 is 1.29 bits per heavy atom. The second-order valence-corrected chi connectivity index (χ2v) is 4.19. The average Bonchev–Trinajstić information content (AvgIpc) is 2.48. The fourth-order valence-electron chi connectivity index (χ4n) is 1.78. The Hall–Kier alpha value is -3.09. The first-order valence-electron chi connectivity index (χ1n) is 6.01. The van der Waals surface area contributed by atoms with E-state index in [-0.39, 0.29) is 17.0 Å². The van der Waals surface area contributed by atoms with E-state index in [4.69, 9.17) is 10.5 Å². The molecule has 0 saturated carbocycles. The van der Waals surface area contributed by atoms with Crippen molar-refractivity contribution >= 4 is 23.0 Å². The molecule has 0 aliphatic rings. The molecule has 2 aromatic rings. The number of nitrogen functional groups attached to an aromatic ring is 1. The normalized spacial score (nSPS) is 9.95. The number of nitro benzene ring substituents is 1. The molecule has 0 spiro atoms. The highest BCUT2D eigenvalue weighted by atomic mass is 16.6. The van der Waals surface area contributed by atoms with Crippen LogP contribution in [0, 0.1) is 10.1 Å². The van der Waals surface area contributed by atoms with Gasteiger partial charge in [-0.15, -0.1) is 0 Å². The summed E-state index contributed by atoms with van der Waals surface area (Å²) < 4.78 is 4.93. The molecular formula is C14H13N3O4. The van der Waals surface area contributed by atoms with Gasteiger partial charge < -0.3 is 15.8 Å². The first-order valence-corrected chi connectivity index (χ1v) is 6.01. The molecule has 0 heterocycles. The second kappa shape index (κ2) is 5.91. The van der Waals surface area contributed by atoms with Crippen molar-refractivity contribution in [2.75, 3.05) is 18.2 Å². The van der Waals surface area contributed by atoms with E-state index in [9.17, 15) is 14.9 Å². The van der Waals surface area contributed by atoms with E-state index < -0.39 is 10.8 Å². The molecule has 7 heteroatoms. The predicted molar refractivity (Wildman–Crippen MR) is 78.5 cm³/mol. The molecule has 2 rings (SSSR count). The smallest absolute Gasteiger partial charge is 0.310 e. The van der Waals surface area contributed by atoms with Crippen LogP contribution in [0.5, 0.6) is 5.75 Å². The lowest BCUT2D eigenvalue weighted by Crippen LogP contribution is -2.13. The van der Waals surface area contributed by atoms with Gasteiger partial charge in [-0.1, -0.05) is 12.1 Å². The molecule has 0 atom stereocenters. The second-order valence-electron chi connectivity index (χ2n) is 4.19. The fraction of sp³-hybridized carbons (Fsp3) is 0.0714. The van der Waals surface area contributed by atoms with Gasteiger partial charge in [-0.05, 0) is 18.2 Å². The van der Waals surface area contributed by atoms with Crippen LogP contribution in [0.3, 0.4) is 0 Å². The van der Waals surface area contributed by atoms with Crippen LogP contribution in [0.1, 0.15) is 10.4 Å². The Morgan fingerprint density at radius 3 is 2.62 bits per heavy atom. The number of carbonyl (C=O) groups is 1. The van der Waals surface area contributed by atoms with E-state index in [2.05, 4.69) is 5.32 Å². The van der Waals surface area contributed by atoms with Gasteiger partial charge in [-0.3, -0.25) is 14.9 Å². The molecule has 1 amide bonds. The van der Waals surface area contributed by atoms with Crippen molar-refractivity contribution in [3.05, 3.63) is 58.1 Å². The van der Waals surface area contributed by atoms with Crippen LogP contribution in [0.4, 0.5) is 17.1 Å². The largest absolute Gasteiger partial charge is 0.490 e. The van der Waals surface area contributed by atoms with Crippen molar-refractivity contribution in [1.29, 1.82) is 0 Å². The molecule has 7 nitrogen and oxygen atoms in total. The zero-order valence-electron chi connectivity index (χ0n) is 11.2. The molecule has 0 aliphatic heterocycles. The minimum Gasteiger partial charge on any atom is -0.490 e. The number of methoxy groups -OCH3 is 1. The summed E-state index contributed by atoms with van der Waals surface area (Å²) in [5.41, 5.74) is 6.68. The van der Waals surface area contributed by atoms with Crippen LogP contribution in [-0.2, 0) is 0 Å². The molecule has 3 N–H and O–H groups in total.